The predicted molar refractivity (Wildman–Crippen MR) is 105 cm³/mol. The Morgan fingerprint density at radius 1 is 0.889 bits per heavy atom. The van der Waals surface area contributed by atoms with Crippen LogP contribution in [0.3, 0.4) is 0 Å². The zero-order chi connectivity index (χ0) is 19.5. The highest BCUT2D eigenvalue weighted by Crippen LogP contribution is 2.20. The number of benzene rings is 2. The lowest BCUT2D eigenvalue weighted by Crippen LogP contribution is -2.24. The molecule has 0 unspecified atom stereocenters. The molecule has 0 bridgehead atoms. The van der Waals surface area contributed by atoms with E-state index in [9.17, 15) is 9.59 Å². The average molecular weight is 366 g/mol. The fourth-order valence-corrected chi connectivity index (χ4v) is 2.73. The number of hydrogen-bond donors (Lipinski definition) is 0. The van der Waals surface area contributed by atoms with Gasteiger partial charge in [0.2, 0.25) is 0 Å². The molecule has 0 fully saturated rings. The predicted octanol–water partition coefficient (Wildman–Crippen LogP) is 4.69. The summed E-state index contributed by atoms with van der Waals surface area (Å²) in [5.74, 6) is -1.45. The number of carbonyl (C=O) groups is 2. The zero-order valence-electron chi connectivity index (χ0n) is 15.7. The van der Waals surface area contributed by atoms with Gasteiger partial charge in [-0.1, -0.05) is 73.7 Å². The average Bonchev–Trinajstić information content (AvgIpc) is 2.71. The second kappa shape index (κ2) is 11.0. The third kappa shape index (κ3) is 7.10. The molecule has 0 aliphatic rings. The summed E-state index contributed by atoms with van der Waals surface area (Å²) in [6.07, 6.45) is 2.51. The van der Waals surface area contributed by atoms with E-state index < -0.39 is 11.8 Å². The van der Waals surface area contributed by atoms with Crippen molar-refractivity contribution in [2.45, 2.75) is 33.0 Å². The van der Waals surface area contributed by atoms with Gasteiger partial charge >= 0.3 is 11.9 Å². The van der Waals surface area contributed by atoms with Crippen LogP contribution in [-0.2, 0) is 32.3 Å². The van der Waals surface area contributed by atoms with Gasteiger partial charge in [-0.05, 0) is 24.0 Å². The van der Waals surface area contributed by atoms with Gasteiger partial charge in [0, 0.05) is 0 Å². The molecule has 0 aliphatic carbocycles. The molecule has 0 spiro atoms. The first-order valence-electron chi connectivity index (χ1n) is 9.12. The maximum atomic E-state index is 12.4. The van der Waals surface area contributed by atoms with E-state index in [1.807, 2.05) is 60.7 Å². The van der Waals surface area contributed by atoms with Crippen molar-refractivity contribution >= 4 is 11.9 Å². The molecule has 27 heavy (non-hydrogen) atoms. The molecule has 142 valence electrons. The first-order valence-corrected chi connectivity index (χ1v) is 9.12. The van der Waals surface area contributed by atoms with Gasteiger partial charge in [-0.15, -0.1) is 6.58 Å². The molecule has 0 saturated carbocycles. The van der Waals surface area contributed by atoms with Crippen molar-refractivity contribution in [3.63, 3.8) is 0 Å². The third-order valence-electron chi connectivity index (χ3n) is 4.27. The first-order chi connectivity index (χ1) is 13.1. The molecule has 0 saturated heterocycles. The van der Waals surface area contributed by atoms with E-state index in [1.54, 1.807) is 13.0 Å². The van der Waals surface area contributed by atoms with Crippen LogP contribution >= 0.6 is 0 Å². The highest BCUT2D eigenvalue weighted by molar-refractivity contribution is 5.76. The normalized spacial score (nSPS) is 12.6. The quantitative estimate of drug-likeness (QED) is 0.452. The van der Waals surface area contributed by atoms with Gasteiger partial charge in [0.15, 0.2) is 0 Å². The van der Waals surface area contributed by atoms with Gasteiger partial charge in [0.25, 0.3) is 0 Å². The molecule has 0 amide bonds. The maximum absolute atomic E-state index is 12.4. The molecule has 2 aromatic carbocycles. The molecule has 0 aromatic heterocycles. The van der Waals surface area contributed by atoms with Gasteiger partial charge < -0.3 is 9.47 Å². The highest BCUT2D eigenvalue weighted by atomic mass is 16.5. The van der Waals surface area contributed by atoms with E-state index in [2.05, 4.69) is 6.58 Å². The summed E-state index contributed by atoms with van der Waals surface area (Å²) in [7, 11) is 0. The van der Waals surface area contributed by atoms with E-state index in [0.29, 0.717) is 12.8 Å². The molecule has 2 atom stereocenters. The smallest absolute Gasteiger partial charge is 0.309 e. The van der Waals surface area contributed by atoms with E-state index in [-0.39, 0.29) is 25.2 Å². The lowest BCUT2D eigenvalue weighted by atomic mass is 9.93. The summed E-state index contributed by atoms with van der Waals surface area (Å²) in [4.78, 5) is 24.7. The first kappa shape index (κ1) is 20.4. The zero-order valence-corrected chi connectivity index (χ0v) is 15.7. The van der Waals surface area contributed by atoms with Crippen molar-refractivity contribution in [1.82, 2.24) is 0 Å². The van der Waals surface area contributed by atoms with E-state index in [1.165, 1.54) is 0 Å². The summed E-state index contributed by atoms with van der Waals surface area (Å²) in [5.41, 5.74) is 1.86. The van der Waals surface area contributed by atoms with E-state index in [0.717, 1.165) is 11.1 Å². The lowest BCUT2D eigenvalue weighted by molar-refractivity contribution is -0.153. The number of rotatable bonds is 10. The third-order valence-corrected chi connectivity index (χ3v) is 4.27. The minimum atomic E-state index is -0.412. The van der Waals surface area contributed by atoms with Crippen molar-refractivity contribution in [3.8, 4) is 0 Å². The fraction of sp³-hybridized carbons (Fsp3) is 0.304. The largest absolute Gasteiger partial charge is 0.461 e. The second-order valence-corrected chi connectivity index (χ2v) is 6.54. The van der Waals surface area contributed by atoms with Crippen LogP contribution in [0.25, 0.3) is 0 Å². The molecule has 0 radical (unpaired) electrons. The van der Waals surface area contributed by atoms with E-state index >= 15 is 0 Å². The summed E-state index contributed by atoms with van der Waals surface area (Å²) in [6.45, 7) is 5.93. The summed E-state index contributed by atoms with van der Waals surface area (Å²) < 4.78 is 10.8. The molecule has 0 aliphatic heterocycles. The summed E-state index contributed by atoms with van der Waals surface area (Å²) in [6, 6.07) is 19.0. The van der Waals surface area contributed by atoms with Gasteiger partial charge in [0.1, 0.15) is 13.2 Å². The second-order valence-electron chi connectivity index (χ2n) is 6.54. The molecule has 4 heteroatoms. The van der Waals surface area contributed by atoms with Crippen molar-refractivity contribution < 1.29 is 19.1 Å². The number of carbonyl (C=O) groups excluding carboxylic acids is 2. The van der Waals surface area contributed by atoms with Crippen LogP contribution < -0.4 is 0 Å². The maximum Gasteiger partial charge on any atom is 0.309 e. The van der Waals surface area contributed by atoms with Crippen LogP contribution in [0.1, 0.15) is 30.9 Å². The van der Waals surface area contributed by atoms with Gasteiger partial charge in [-0.2, -0.15) is 0 Å². The summed E-state index contributed by atoms with van der Waals surface area (Å²) >= 11 is 0. The van der Waals surface area contributed by atoms with E-state index in [4.69, 9.17) is 9.47 Å². The van der Waals surface area contributed by atoms with Crippen LogP contribution in [0.2, 0.25) is 0 Å². The minimum Gasteiger partial charge on any atom is -0.461 e. The number of ether oxygens (including phenoxy) is 2. The van der Waals surface area contributed by atoms with Crippen molar-refractivity contribution in [3.05, 3.63) is 84.4 Å². The van der Waals surface area contributed by atoms with Crippen LogP contribution in [0.15, 0.2) is 73.3 Å². The van der Waals surface area contributed by atoms with Crippen molar-refractivity contribution in [1.29, 1.82) is 0 Å². The van der Waals surface area contributed by atoms with Crippen LogP contribution in [0.4, 0.5) is 0 Å². The SMILES string of the molecule is C=CC[C@H](C[C@H](C)C(=O)OCc1ccccc1)C(=O)OCc1ccccc1. The molecular weight excluding hydrogens is 340 g/mol. The Kier molecular flexibility index (Phi) is 8.30. The van der Waals surface area contributed by atoms with Gasteiger partial charge in [0.05, 0.1) is 11.8 Å². The molecule has 0 N–H and O–H groups in total. The van der Waals surface area contributed by atoms with Crippen LogP contribution in [-0.4, -0.2) is 11.9 Å². The Hall–Kier alpha value is -2.88. The molecule has 2 rings (SSSR count). The van der Waals surface area contributed by atoms with Gasteiger partial charge in [-0.25, -0.2) is 0 Å². The molecule has 2 aromatic rings. The lowest BCUT2D eigenvalue weighted by Gasteiger charge is -2.18. The van der Waals surface area contributed by atoms with Crippen molar-refractivity contribution in [2.75, 3.05) is 0 Å². The number of hydrogen-bond acceptors (Lipinski definition) is 4. The highest BCUT2D eigenvalue weighted by Gasteiger charge is 2.25. The van der Waals surface area contributed by atoms with Crippen LogP contribution in [0, 0.1) is 11.8 Å². The molecular formula is C23H26O4. The van der Waals surface area contributed by atoms with Gasteiger partial charge in [-0.3, -0.25) is 9.59 Å². The number of esters is 2. The molecule has 4 nitrogen and oxygen atoms in total. The molecule has 0 heterocycles. The standard InChI is InChI=1S/C23H26O4/c1-3-10-21(23(25)27-17-20-13-8-5-9-14-20)15-18(2)22(24)26-16-19-11-6-4-7-12-19/h3-9,11-14,18,21H,1,10,15-17H2,2H3/t18-,21+/m0/s1. The summed E-state index contributed by atoms with van der Waals surface area (Å²) in [5, 5.41) is 0. The Morgan fingerprint density at radius 2 is 1.37 bits per heavy atom. The fourth-order valence-electron chi connectivity index (χ4n) is 2.73. The Bertz CT molecular complexity index is 725. The number of allylic oxidation sites excluding steroid dienone is 1. The Labute approximate surface area is 160 Å². The Balaban J connectivity index is 1.84. The van der Waals surface area contributed by atoms with Crippen molar-refractivity contribution in [2.24, 2.45) is 11.8 Å². The minimum absolute atomic E-state index is 0.222. The topological polar surface area (TPSA) is 52.6 Å². The van der Waals surface area contributed by atoms with Crippen LogP contribution in [0.5, 0.6) is 0 Å². The monoisotopic (exact) mass is 366 g/mol. The Morgan fingerprint density at radius 3 is 1.85 bits per heavy atom.